The third-order valence-electron chi connectivity index (χ3n) is 7.16. The predicted octanol–water partition coefficient (Wildman–Crippen LogP) is 2.63. The Kier molecular flexibility index (Phi) is 7.18. The fourth-order valence-electron chi connectivity index (χ4n) is 5.41. The number of thiophene rings is 1. The van der Waals surface area contributed by atoms with Crippen molar-refractivity contribution in [2.75, 3.05) is 11.6 Å². The minimum absolute atomic E-state index is 0.162. The standard InChI is InChI=1S/C24H27FN4O6S3/c1-37(32,33)26-11-15-13-36-23-21(15)38(34,35)28-22(27-23)19-20(30)17-5-3-2-4-6-18(17)29(24(19)31)12-14-7-9-16(25)10-8-14/h7-10,13,17-19,26H,2-6,11-12H2,1H3,(H,27,28)/t17-,18+,19?/m1/s1. The van der Waals surface area contributed by atoms with Crippen molar-refractivity contribution < 1.29 is 30.8 Å². The zero-order valence-electron chi connectivity index (χ0n) is 20.5. The quantitative estimate of drug-likeness (QED) is 0.499. The van der Waals surface area contributed by atoms with Crippen molar-refractivity contribution in [3.05, 3.63) is 46.6 Å². The Labute approximate surface area is 224 Å². The number of nitrogens with one attached hydrogen (secondary N) is 2. The van der Waals surface area contributed by atoms with Crippen LogP contribution in [-0.2, 0) is 42.7 Å². The summed E-state index contributed by atoms with van der Waals surface area (Å²) in [7, 11) is -7.89. The number of carbonyl (C=O) groups is 2. The Hall–Kier alpha value is -2.68. The van der Waals surface area contributed by atoms with Gasteiger partial charge in [0.25, 0.3) is 10.0 Å². The molecule has 5 rings (SSSR count). The Morgan fingerprint density at radius 3 is 2.58 bits per heavy atom. The predicted molar refractivity (Wildman–Crippen MR) is 140 cm³/mol. The van der Waals surface area contributed by atoms with E-state index in [1.165, 1.54) is 17.5 Å². The van der Waals surface area contributed by atoms with Crippen LogP contribution in [0.5, 0.6) is 0 Å². The van der Waals surface area contributed by atoms with Crippen LogP contribution in [0, 0.1) is 17.7 Å². The number of piperidine rings is 1. The van der Waals surface area contributed by atoms with Crippen LogP contribution >= 0.6 is 11.3 Å². The Morgan fingerprint density at radius 2 is 1.87 bits per heavy atom. The minimum Gasteiger partial charge on any atom is -0.334 e. The molecule has 2 fully saturated rings. The molecule has 1 saturated carbocycles. The van der Waals surface area contributed by atoms with E-state index in [1.54, 1.807) is 17.0 Å². The van der Waals surface area contributed by atoms with Crippen molar-refractivity contribution >= 4 is 53.9 Å². The molecule has 2 aromatic rings. The van der Waals surface area contributed by atoms with E-state index in [9.17, 15) is 30.8 Å². The fraction of sp³-hybridized carbons (Fsp3) is 0.458. The summed E-state index contributed by atoms with van der Waals surface area (Å²) in [6.07, 6.45) is 4.82. The van der Waals surface area contributed by atoms with Crippen LogP contribution in [0.1, 0.15) is 43.2 Å². The molecule has 1 aromatic carbocycles. The van der Waals surface area contributed by atoms with Gasteiger partial charge in [0.2, 0.25) is 15.9 Å². The first-order valence-electron chi connectivity index (χ1n) is 12.2. The molecule has 204 valence electrons. The molecule has 3 atom stereocenters. The van der Waals surface area contributed by atoms with Gasteiger partial charge in [0.15, 0.2) is 11.7 Å². The van der Waals surface area contributed by atoms with Gasteiger partial charge in [-0.25, -0.2) is 17.5 Å². The molecule has 3 aliphatic rings. The third-order valence-corrected chi connectivity index (χ3v) is 10.3. The summed E-state index contributed by atoms with van der Waals surface area (Å²) < 4.78 is 69.1. The van der Waals surface area contributed by atoms with Crippen molar-refractivity contribution in [1.29, 1.82) is 0 Å². The average molecular weight is 583 g/mol. The summed E-state index contributed by atoms with van der Waals surface area (Å²) in [6.45, 7) is -0.0808. The lowest BCUT2D eigenvalue weighted by atomic mass is 9.77. The van der Waals surface area contributed by atoms with Crippen molar-refractivity contribution in [3.63, 3.8) is 0 Å². The van der Waals surface area contributed by atoms with E-state index in [2.05, 4.69) is 14.4 Å². The maximum Gasteiger partial charge on any atom is 0.287 e. The van der Waals surface area contributed by atoms with Gasteiger partial charge in [0.05, 0.1) is 6.26 Å². The summed E-state index contributed by atoms with van der Waals surface area (Å²) in [5, 5.41) is 4.57. The minimum atomic E-state index is -4.32. The zero-order chi connectivity index (χ0) is 27.2. The molecule has 3 heterocycles. The molecule has 1 unspecified atom stereocenters. The number of amides is 1. The number of halogens is 1. The second-order valence-electron chi connectivity index (χ2n) is 9.83. The highest BCUT2D eigenvalue weighted by atomic mass is 32.2. The lowest BCUT2D eigenvalue weighted by Crippen LogP contribution is -2.59. The second kappa shape index (κ2) is 10.1. The van der Waals surface area contributed by atoms with Gasteiger partial charge in [-0.1, -0.05) is 31.4 Å². The lowest BCUT2D eigenvalue weighted by molar-refractivity contribution is -0.151. The molecule has 10 nitrogen and oxygen atoms in total. The number of benzene rings is 1. The number of likely N-dealkylation sites (tertiary alicyclic amines) is 1. The summed E-state index contributed by atoms with van der Waals surface area (Å²) in [5.74, 6) is -3.42. The highest BCUT2D eigenvalue weighted by molar-refractivity contribution is 7.91. The van der Waals surface area contributed by atoms with Gasteiger partial charge in [0.1, 0.15) is 21.5 Å². The molecule has 0 spiro atoms. The van der Waals surface area contributed by atoms with Crippen LogP contribution in [0.4, 0.5) is 9.39 Å². The highest BCUT2D eigenvalue weighted by Crippen LogP contribution is 2.41. The number of anilines is 1. The van der Waals surface area contributed by atoms with Gasteiger partial charge >= 0.3 is 0 Å². The molecule has 38 heavy (non-hydrogen) atoms. The molecule has 1 amide bonds. The Morgan fingerprint density at radius 1 is 1.16 bits per heavy atom. The zero-order valence-corrected chi connectivity index (χ0v) is 23.0. The molecular weight excluding hydrogens is 555 g/mol. The number of hydrogen-bond acceptors (Lipinski definition) is 8. The van der Waals surface area contributed by atoms with Crippen LogP contribution in [0.2, 0.25) is 0 Å². The number of hydrogen-bond donors (Lipinski definition) is 2. The van der Waals surface area contributed by atoms with Crippen molar-refractivity contribution in [1.82, 2.24) is 9.62 Å². The van der Waals surface area contributed by atoms with E-state index in [4.69, 9.17) is 0 Å². The second-order valence-corrected chi connectivity index (χ2v) is 14.1. The Balaban J connectivity index is 1.50. The van der Waals surface area contributed by atoms with Crippen LogP contribution in [-0.4, -0.2) is 51.6 Å². The molecule has 0 radical (unpaired) electrons. The number of amidine groups is 1. The first-order chi connectivity index (χ1) is 17.9. The largest absolute Gasteiger partial charge is 0.334 e. The molecule has 14 heteroatoms. The normalized spacial score (nSPS) is 25.2. The number of rotatable bonds is 6. The highest BCUT2D eigenvalue weighted by Gasteiger charge is 2.51. The monoisotopic (exact) mass is 582 g/mol. The number of carbonyl (C=O) groups excluding carboxylic acids is 2. The lowest BCUT2D eigenvalue weighted by Gasteiger charge is -2.43. The number of fused-ring (bicyclic) bond motifs is 2. The first kappa shape index (κ1) is 26.9. The number of ketones is 1. The molecule has 1 aliphatic carbocycles. The molecular formula is C24H27FN4O6S3. The van der Waals surface area contributed by atoms with Crippen LogP contribution in [0.3, 0.4) is 0 Å². The maximum atomic E-state index is 13.9. The number of nitrogens with zero attached hydrogens (tertiary/aromatic N) is 2. The number of Topliss-reactive ketones (excluding diaryl/α,β-unsaturated/α-hetero) is 1. The van der Waals surface area contributed by atoms with Crippen molar-refractivity contribution in [2.45, 2.75) is 56.1 Å². The Bertz CT molecular complexity index is 1520. The first-order valence-corrected chi connectivity index (χ1v) is 16.4. The van der Waals surface area contributed by atoms with Gasteiger partial charge in [-0.15, -0.1) is 15.7 Å². The van der Waals surface area contributed by atoms with Gasteiger partial charge in [-0.3, -0.25) is 9.59 Å². The molecule has 0 bridgehead atoms. The van der Waals surface area contributed by atoms with Crippen molar-refractivity contribution in [2.24, 2.45) is 16.2 Å². The van der Waals surface area contributed by atoms with E-state index in [1.807, 2.05) is 0 Å². The molecule has 1 saturated heterocycles. The summed E-state index contributed by atoms with van der Waals surface area (Å²) >= 11 is 1.03. The van der Waals surface area contributed by atoms with Crippen LogP contribution in [0.15, 0.2) is 38.9 Å². The third kappa shape index (κ3) is 5.26. The summed E-state index contributed by atoms with van der Waals surface area (Å²) in [6, 6.07) is 5.47. The van der Waals surface area contributed by atoms with Crippen LogP contribution < -0.4 is 10.0 Å². The van der Waals surface area contributed by atoms with Gasteiger partial charge < -0.3 is 10.2 Å². The summed E-state index contributed by atoms with van der Waals surface area (Å²) in [4.78, 5) is 29.0. The molecule has 2 N–H and O–H groups in total. The van der Waals surface area contributed by atoms with E-state index in [-0.39, 0.29) is 46.2 Å². The van der Waals surface area contributed by atoms with E-state index in [0.717, 1.165) is 36.9 Å². The van der Waals surface area contributed by atoms with E-state index >= 15 is 0 Å². The molecule has 1 aromatic heterocycles. The summed E-state index contributed by atoms with van der Waals surface area (Å²) in [5.41, 5.74) is 0.916. The topological polar surface area (TPSA) is 142 Å². The molecule has 2 aliphatic heterocycles. The maximum absolute atomic E-state index is 13.9. The number of sulfonamides is 2. The van der Waals surface area contributed by atoms with Gasteiger partial charge in [-0.05, 0) is 35.9 Å². The van der Waals surface area contributed by atoms with Crippen LogP contribution in [0.25, 0.3) is 0 Å². The van der Waals surface area contributed by atoms with Crippen molar-refractivity contribution in [3.8, 4) is 0 Å². The average Bonchev–Trinajstić information content (AvgIpc) is 3.10. The SMILES string of the molecule is CS(=O)(=O)NCc1csc2c1S(=O)(=O)N=C(C1C(=O)[C@@H]3CCCCC[C@@H]3N(Cc3ccc(F)cc3)C1=O)N2. The van der Waals surface area contributed by atoms with E-state index in [0.29, 0.717) is 18.4 Å². The fourth-order valence-corrected chi connectivity index (χ4v) is 8.48. The van der Waals surface area contributed by atoms with E-state index < -0.39 is 43.6 Å². The van der Waals surface area contributed by atoms with Gasteiger partial charge in [-0.2, -0.15) is 8.42 Å². The van der Waals surface area contributed by atoms with Gasteiger partial charge in [0, 0.05) is 30.6 Å². The smallest absolute Gasteiger partial charge is 0.287 e.